The average Bonchev–Trinajstić information content (AvgIpc) is 2.96. The van der Waals surface area contributed by atoms with E-state index >= 15 is 0 Å². The lowest BCUT2D eigenvalue weighted by Gasteiger charge is -2.67. The first-order chi connectivity index (χ1) is 17.6. The maximum absolute atomic E-state index is 13.0. The molecule has 2 aliphatic heterocycles. The molecule has 2 aliphatic rings. The van der Waals surface area contributed by atoms with Crippen LogP contribution in [0, 0.1) is 4.77 Å². The predicted molar refractivity (Wildman–Crippen MR) is 151 cm³/mol. The van der Waals surface area contributed by atoms with Crippen LogP contribution in [-0.2, 0) is 23.2 Å². The zero-order valence-electron chi connectivity index (χ0n) is 23.8. The highest BCUT2D eigenvalue weighted by Gasteiger charge is 2.90. The molecule has 0 radical (unpaired) electrons. The molecule has 1 unspecified atom stereocenters. The van der Waals surface area contributed by atoms with E-state index in [0.717, 1.165) is 16.9 Å². The van der Waals surface area contributed by atoms with E-state index in [-0.39, 0.29) is 15.9 Å². The quantitative estimate of drug-likeness (QED) is 0.122. The molecule has 0 saturated carbocycles. The number of aliphatic hydroxyl groups excluding tert-OH is 1. The average molecular weight is 627 g/mol. The molecule has 0 aromatic carbocycles. The van der Waals surface area contributed by atoms with Gasteiger partial charge in [-0.25, -0.2) is 0 Å². The minimum absolute atomic E-state index is 0.241. The Morgan fingerprint density at radius 2 is 1.59 bits per heavy atom. The van der Waals surface area contributed by atoms with Gasteiger partial charge >= 0.3 is 0 Å². The fraction of sp³-hybridized carbons (Fsp3) is 0.826. The van der Waals surface area contributed by atoms with Gasteiger partial charge in [-0.3, -0.25) is 18.5 Å². The third-order valence-corrected chi connectivity index (χ3v) is 22.6. The number of rotatable bonds is 8. The molecule has 224 valence electrons. The van der Waals surface area contributed by atoms with Gasteiger partial charge in [0.05, 0.1) is 6.26 Å². The molecular weight excluding hydrogens is 585 g/mol. The van der Waals surface area contributed by atoms with Crippen LogP contribution in [-0.4, -0.2) is 90.2 Å². The molecule has 16 heteroatoms. The molecule has 0 aliphatic carbocycles. The monoisotopic (exact) mass is 626 g/mol. The van der Waals surface area contributed by atoms with E-state index in [1.165, 1.54) is 6.20 Å². The lowest BCUT2D eigenvalue weighted by molar-refractivity contribution is -0.271. The molecule has 39 heavy (non-hydrogen) atoms. The number of nitrogens with zero attached hydrogens (tertiary/aromatic N) is 1. The van der Waals surface area contributed by atoms with E-state index in [4.69, 9.17) is 25.3 Å². The SMILES string of the molecule is CC(C)[Si]1(C(C)C)O[Si](C(C)C)(C(C)C)[C@]2(O)C(O)(O)[C@H](n3ccc(=O)[nH]c3=S)O[C@]2(COS(C)(=O)=O)C1O. The molecule has 2 saturated heterocycles. The van der Waals surface area contributed by atoms with E-state index < -0.39 is 78.6 Å². The van der Waals surface area contributed by atoms with E-state index in [2.05, 4.69) is 4.98 Å². The molecule has 1 aromatic rings. The van der Waals surface area contributed by atoms with E-state index in [1.54, 1.807) is 27.7 Å². The van der Waals surface area contributed by atoms with Crippen molar-refractivity contribution < 1.29 is 41.9 Å². The van der Waals surface area contributed by atoms with Crippen LogP contribution in [0.4, 0.5) is 0 Å². The van der Waals surface area contributed by atoms with Crippen LogP contribution in [0.1, 0.15) is 61.6 Å². The minimum atomic E-state index is -4.16. The fourth-order valence-corrected chi connectivity index (χ4v) is 23.3. The van der Waals surface area contributed by atoms with Gasteiger partial charge in [-0.15, -0.1) is 0 Å². The van der Waals surface area contributed by atoms with Crippen LogP contribution in [0.3, 0.4) is 0 Å². The number of nitrogens with one attached hydrogen (secondary N) is 1. The third-order valence-electron chi connectivity index (χ3n) is 8.70. The van der Waals surface area contributed by atoms with Gasteiger partial charge in [-0.1, -0.05) is 55.4 Å². The Bertz CT molecular complexity index is 1300. The number of hydrogen-bond acceptors (Lipinski definition) is 11. The normalized spacial score (nSPS) is 31.8. The first-order valence-electron chi connectivity index (χ1n) is 13.0. The van der Waals surface area contributed by atoms with Gasteiger partial charge in [-0.2, -0.15) is 8.42 Å². The van der Waals surface area contributed by atoms with Crippen molar-refractivity contribution in [3.05, 3.63) is 27.4 Å². The van der Waals surface area contributed by atoms with Crippen LogP contribution in [0.2, 0.25) is 22.2 Å². The summed E-state index contributed by atoms with van der Waals surface area (Å²) in [6.45, 7) is 13.9. The molecule has 2 fully saturated rings. The second-order valence-electron chi connectivity index (χ2n) is 12.1. The summed E-state index contributed by atoms with van der Waals surface area (Å²) in [6.07, 6.45) is 0.117. The van der Waals surface area contributed by atoms with Crippen molar-refractivity contribution in [1.82, 2.24) is 9.55 Å². The maximum atomic E-state index is 13.0. The van der Waals surface area contributed by atoms with Crippen molar-refractivity contribution in [3.63, 3.8) is 0 Å². The van der Waals surface area contributed by atoms with E-state index in [9.17, 15) is 33.6 Å². The van der Waals surface area contributed by atoms with Crippen molar-refractivity contribution >= 4 is 39.0 Å². The number of aromatic amines is 1. The van der Waals surface area contributed by atoms with Crippen LogP contribution in [0.5, 0.6) is 0 Å². The van der Waals surface area contributed by atoms with Crippen molar-refractivity contribution in [2.45, 2.75) is 106 Å². The van der Waals surface area contributed by atoms with Crippen LogP contribution < -0.4 is 5.56 Å². The summed E-state index contributed by atoms with van der Waals surface area (Å²) in [7, 11) is -11.6. The molecule has 0 amide bonds. The second kappa shape index (κ2) is 10.2. The molecule has 4 atom stereocenters. The third kappa shape index (κ3) is 4.33. The highest BCUT2D eigenvalue weighted by atomic mass is 32.2. The van der Waals surface area contributed by atoms with Gasteiger partial charge in [0.1, 0.15) is 12.3 Å². The highest BCUT2D eigenvalue weighted by Crippen LogP contribution is 2.66. The van der Waals surface area contributed by atoms with Gasteiger partial charge < -0.3 is 29.3 Å². The Kier molecular flexibility index (Phi) is 8.54. The number of aliphatic hydroxyl groups is 4. The number of fused-ring (bicyclic) bond motifs is 1. The summed E-state index contributed by atoms with van der Waals surface area (Å²) in [4.78, 5) is 14.3. The number of H-pyrrole nitrogens is 1. The first-order valence-corrected chi connectivity index (χ1v) is 19.4. The lowest BCUT2D eigenvalue weighted by Crippen LogP contribution is -2.92. The van der Waals surface area contributed by atoms with Crippen molar-refractivity contribution in [2.24, 2.45) is 0 Å². The maximum Gasteiger partial charge on any atom is 0.264 e. The number of aromatic nitrogens is 2. The van der Waals surface area contributed by atoms with Gasteiger partial charge in [0.15, 0.2) is 21.8 Å². The Labute approximate surface area is 236 Å². The molecule has 5 N–H and O–H groups in total. The molecule has 12 nitrogen and oxygen atoms in total. The predicted octanol–water partition coefficient (Wildman–Crippen LogP) is 1.56. The summed E-state index contributed by atoms with van der Waals surface area (Å²) in [5.74, 6) is -3.18. The van der Waals surface area contributed by atoms with Crippen molar-refractivity contribution in [3.8, 4) is 0 Å². The fourth-order valence-electron chi connectivity index (χ4n) is 7.07. The van der Waals surface area contributed by atoms with Gasteiger partial charge in [0.25, 0.3) is 15.7 Å². The topological polar surface area (TPSA) is 181 Å². The summed E-state index contributed by atoms with van der Waals surface area (Å²) in [5.41, 5.74) is -6.06. The van der Waals surface area contributed by atoms with Crippen molar-refractivity contribution in [2.75, 3.05) is 12.9 Å². The molecule has 1 aromatic heterocycles. The standard InChI is InChI=1S/C23H42N2O10S2Si2/c1-13(2)38(14(3)4)19(27)21(12-33-37(9,31)32)23(30,39(35-38,15(5)6)16(7)8)22(28,29)18(34-21)25-11-10-17(26)24-20(25)36/h10-11,13-16,18-19,27-30H,12H2,1-9H3,(H,24,26,36)/t18-,19?,21-,23+/m1/s1. The van der Waals surface area contributed by atoms with E-state index in [0.29, 0.717) is 0 Å². The summed E-state index contributed by atoms with van der Waals surface area (Å²) in [5, 5.41) is 46.6. The summed E-state index contributed by atoms with van der Waals surface area (Å²) >= 11 is 5.28. The van der Waals surface area contributed by atoms with Crippen LogP contribution in [0.25, 0.3) is 0 Å². The lowest BCUT2D eigenvalue weighted by atomic mass is 9.92. The molecular formula is C23H42N2O10S2Si2. The van der Waals surface area contributed by atoms with Gasteiger partial charge in [-0.05, 0) is 34.4 Å². The largest absolute Gasteiger partial charge is 0.451 e. The number of hydrogen-bond donors (Lipinski definition) is 5. The Balaban J connectivity index is 2.56. The van der Waals surface area contributed by atoms with E-state index in [1.807, 2.05) is 27.7 Å². The Hall–Kier alpha value is -0.796. The molecule has 0 spiro atoms. The second-order valence-corrected chi connectivity index (χ2v) is 24.1. The first kappa shape index (κ1) is 32.7. The van der Waals surface area contributed by atoms with Crippen LogP contribution in [0.15, 0.2) is 17.1 Å². The van der Waals surface area contributed by atoms with Crippen molar-refractivity contribution in [1.29, 1.82) is 0 Å². The minimum Gasteiger partial charge on any atom is -0.451 e. The molecule has 3 heterocycles. The van der Waals surface area contributed by atoms with Crippen LogP contribution >= 0.6 is 12.2 Å². The van der Waals surface area contributed by atoms with Gasteiger partial charge in [0, 0.05) is 12.3 Å². The summed E-state index contributed by atoms with van der Waals surface area (Å²) in [6, 6.07) is 1.09. The highest BCUT2D eigenvalue weighted by molar-refractivity contribution is 7.86. The molecule has 3 rings (SSSR count). The van der Waals surface area contributed by atoms with Gasteiger partial charge in [0.2, 0.25) is 22.4 Å². The molecule has 0 bridgehead atoms. The smallest absolute Gasteiger partial charge is 0.264 e. The zero-order valence-corrected chi connectivity index (χ0v) is 27.5. The number of ether oxygens (including phenoxy) is 1. The Morgan fingerprint density at radius 3 is 2.00 bits per heavy atom. The zero-order chi connectivity index (χ0) is 30.1. The summed E-state index contributed by atoms with van der Waals surface area (Å²) < 4.78 is 44.2. The Morgan fingerprint density at radius 1 is 1.08 bits per heavy atom.